The molecular formula is C15H33N3O2S. The van der Waals surface area contributed by atoms with Crippen molar-refractivity contribution in [1.82, 2.24) is 14.3 Å². The summed E-state index contributed by atoms with van der Waals surface area (Å²) in [5.41, 5.74) is -0.352. The van der Waals surface area contributed by atoms with Crippen LogP contribution in [0.25, 0.3) is 0 Å². The van der Waals surface area contributed by atoms with Gasteiger partial charge in [-0.3, -0.25) is 0 Å². The Morgan fingerprint density at radius 1 is 1.19 bits per heavy atom. The predicted molar refractivity (Wildman–Crippen MR) is 88.4 cm³/mol. The van der Waals surface area contributed by atoms with E-state index in [9.17, 15) is 8.42 Å². The van der Waals surface area contributed by atoms with E-state index in [2.05, 4.69) is 30.8 Å². The zero-order chi connectivity index (χ0) is 16.3. The van der Waals surface area contributed by atoms with Gasteiger partial charge in [-0.05, 0) is 58.0 Å². The highest BCUT2D eigenvalue weighted by molar-refractivity contribution is 7.87. The van der Waals surface area contributed by atoms with Gasteiger partial charge < -0.3 is 5.32 Å². The first-order valence-corrected chi connectivity index (χ1v) is 9.33. The average Bonchev–Trinajstić information content (AvgIpc) is 2.24. The molecule has 1 fully saturated rings. The fraction of sp³-hybridized carbons (Fsp3) is 1.00. The summed E-state index contributed by atoms with van der Waals surface area (Å²) in [4.78, 5) is 0. The molecule has 1 saturated heterocycles. The summed E-state index contributed by atoms with van der Waals surface area (Å²) >= 11 is 0. The van der Waals surface area contributed by atoms with Crippen molar-refractivity contribution in [3.8, 4) is 0 Å². The van der Waals surface area contributed by atoms with E-state index in [0.717, 1.165) is 25.8 Å². The molecule has 0 aliphatic carbocycles. The summed E-state index contributed by atoms with van der Waals surface area (Å²) in [5.74, 6) is 0.408. The lowest BCUT2D eigenvalue weighted by atomic mass is 9.82. The van der Waals surface area contributed by atoms with Crippen LogP contribution >= 0.6 is 0 Å². The van der Waals surface area contributed by atoms with Gasteiger partial charge in [0.2, 0.25) is 0 Å². The van der Waals surface area contributed by atoms with Crippen molar-refractivity contribution in [3.05, 3.63) is 0 Å². The Balaban J connectivity index is 2.72. The van der Waals surface area contributed by atoms with Gasteiger partial charge in [0.05, 0.1) is 0 Å². The van der Waals surface area contributed by atoms with E-state index < -0.39 is 15.7 Å². The lowest BCUT2D eigenvalue weighted by Crippen LogP contribution is -2.54. The standard InChI is InChI=1S/C15H33N3O2S/c1-14(2,3)12-15(4,5)17-21(19,20)18-9-7-8-13(11-18)10-16-6/h13,16-17H,7-12H2,1-6H3. The quantitative estimate of drug-likeness (QED) is 0.787. The molecule has 0 aromatic carbocycles. The van der Waals surface area contributed by atoms with Crippen LogP contribution in [0, 0.1) is 11.3 Å². The smallest absolute Gasteiger partial charge is 0.279 e. The third-order valence-electron chi connectivity index (χ3n) is 3.69. The van der Waals surface area contributed by atoms with Crippen LogP contribution < -0.4 is 10.0 Å². The number of piperidine rings is 1. The summed E-state index contributed by atoms with van der Waals surface area (Å²) < 4.78 is 29.8. The van der Waals surface area contributed by atoms with Crippen LogP contribution in [0.15, 0.2) is 0 Å². The summed E-state index contributed by atoms with van der Waals surface area (Å²) in [7, 11) is -1.49. The molecule has 0 radical (unpaired) electrons. The second-order valence-corrected chi connectivity index (χ2v) is 9.82. The highest BCUT2D eigenvalue weighted by Gasteiger charge is 2.34. The molecule has 0 aromatic rings. The molecule has 0 spiro atoms. The number of nitrogens with zero attached hydrogens (tertiary/aromatic N) is 1. The van der Waals surface area contributed by atoms with Crippen LogP contribution in [0.3, 0.4) is 0 Å². The first-order chi connectivity index (χ1) is 9.45. The molecule has 0 saturated carbocycles. The van der Waals surface area contributed by atoms with Crippen molar-refractivity contribution in [2.24, 2.45) is 11.3 Å². The van der Waals surface area contributed by atoms with Crippen LogP contribution in [0.1, 0.15) is 53.9 Å². The SMILES string of the molecule is CNCC1CCCN(S(=O)(=O)NC(C)(C)CC(C)(C)C)C1. The number of nitrogens with one attached hydrogen (secondary N) is 2. The topological polar surface area (TPSA) is 61.4 Å². The van der Waals surface area contributed by atoms with Gasteiger partial charge in [-0.2, -0.15) is 17.4 Å². The molecule has 6 heteroatoms. The monoisotopic (exact) mass is 319 g/mol. The van der Waals surface area contributed by atoms with E-state index in [4.69, 9.17) is 0 Å². The van der Waals surface area contributed by atoms with Crippen molar-refractivity contribution < 1.29 is 8.42 Å². The van der Waals surface area contributed by atoms with Crippen molar-refractivity contribution in [2.45, 2.75) is 59.4 Å². The Morgan fingerprint density at radius 3 is 2.33 bits per heavy atom. The summed E-state index contributed by atoms with van der Waals surface area (Å²) in [6.45, 7) is 12.4. The summed E-state index contributed by atoms with van der Waals surface area (Å²) in [6.07, 6.45) is 2.83. The van der Waals surface area contributed by atoms with Crippen molar-refractivity contribution in [2.75, 3.05) is 26.7 Å². The molecule has 0 bridgehead atoms. The third-order valence-corrected chi connectivity index (χ3v) is 5.51. The molecule has 0 aromatic heterocycles. The zero-order valence-electron chi connectivity index (χ0n) is 14.5. The van der Waals surface area contributed by atoms with Crippen molar-refractivity contribution in [1.29, 1.82) is 0 Å². The summed E-state index contributed by atoms with van der Waals surface area (Å²) in [6, 6.07) is 0. The number of hydrogen-bond donors (Lipinski definition) is 2. The highest BCUT2D eigenvalue weighted by Crippen LogP contribution is 2.28. The maximum Gasteiger partial charge on any atom is 0.279 e. The van der Waals surface area contributed by atoms with Gasteiger partial charge in [-0.1, -0.05) is 20.8 Å². The van der Waals surface area contributed by atoms with Crippen molar-refractivity contribution >= 4 is 10.2 Å². The van der Waals surface area contributed by atoms with Gasteiger partial charge >= 0.3 is 0 Å². The number of hydrogen-bond acceptors (Lipinski definition) is 3. The van der Waals surface area contributed by atoms with Gasteiger partial charge in [-0.15, -0.1) is 0 Å². The molecule has 21 heavy (non-hydrogen) atoms. The number of rotatable bonds is 6. The largest absolute Gasteiger partial charge is 0.319 e. The second kappa shape index (κ2) is 6.94. The highest BCUT2D eigenvalue weighted by atomic mass is 32.2. The Kier molecular flexibility index (Phi) is 6.24. The molecule has 1 unspecified atom stereocenters. The first kappa shape index (κ1) is 18.9. The van der Waals surface area contributed by atoms with Crippen LogP contribution in [0.4, 0.5) is 0 Å². The maximum absolute atomic E-state index is 12.6. The molecule has 1 heterocycles. The predicted octanol–water partition coefficient (Wildman–Crippen LogP) is 1.97. The molecule has 0 amide bonds. The Labute approximate surface area is 131 Å². The van der Waals surface area contributed by atoms with Crippen LogP contribution in [0.2, 0.25) is 0 Å². The lowest BCUT2D eigenvalue weighted by Gasteiger charge is -2.37. The van der Waals surface area contributed by atoms with E-state index in [1.807, 2.05) is 20.9 Å². The normalized spacial score (nSPS) is 22.5. The molecule has 5 nitrogen and oxygen atoms in total. The molecule has 2 N–H and O–H groups in total. The fourth-order valence-corrected chi connectivity index (χ4v) is 5.15. The second-order valence-electron chi connectivity index (χ2n) is 8.15. The minimum atomic E-state index is -3.41. The summed E-state index contributed by atoms with van der Waals surface area (Å²) in [5, 5.41) is 3.15. The van der Waals surface area contributed by atoms with E-state index in [1.54, 1.807) is 4.31 Å². The fourth-order valence-electron chi connectivity index (χ4n) is 3.48. The average molecular weight is 320 g/mol. The maximum atomic E-state index is 12.6. The van der Waals surface area contributed by atoms with E-state index in [-0.39, 0.29) is 5.41 Å². The van der Waals surface area contributed by atoms with E-state index >= 15 is 0 Å². The van der Waals surface area contributed by atoms with Gasteiger partial charge in [0, 0.05) is 18.6 Å². The van der Waals surface area contributed by atoms with E-state index in [1.165, 1.54) is 0 Å². The van der Waals surface area contributed by atoms with Gasteiger partial charge in [0.15, 0.2) is 0 Å². The molecule has 1 rings (SSSR count). The van der Waals surface area contributed by atoms with Crippen LogP contribution in [-0.2, 0) is 10.2 Å². The van der Waals surface area contributed by atoms with Crippen LogP contribution in [-0.4, -0.2) is 44.9 Å². The van der Waals surface area contributed by atoms with Gasteiger partial charge in [-0.25, -0.2) is 0 Å². The Morgan fingerprint density at radius 2 is 1.81 bits per heavy atom. The third kappa shape index (κ3) is 6.63. The first-order valence-electron chi connectivity index (χ1n) is 7.89. The molecular weight excluding hydrogens is 286 g/mol. The minimum Gasteiger partial charge on any atom is -0.319 e. The van der Waals surface area contributed by atoms with Crippen molar-refractivity contribution in [3.63, 3.8) is 0 Å². The zero-order valence-corrected chi connectivity index (χ0v) is 15.3. The Hall–Kier alpha value is -0.170. The molecule has 1 aliphatic rings. The van der Waals surface area contributed by atoms with E-state index in [0.29, 0.717) is 19.0 Å². The molecule has 1 aliphatic heterocycles. The van der Waals surface area contributed by atoms with Crippen LogP contribution in [0.5, 0.6) is 0 Å². The minimum absolute atomic E-state index is 0.0859. The van der Waals surface area contributed by atoms with Gasteiger partial charge in [0.1, 0.15) is 0 Å². The Bertz CT molecular complexity index is 425. The molecule has 1 atom stereocenters. The lowest BCUT2D eigenvalue weighted by molar-refractivity contribution is 0.240. The molecule has 126 valence electrons. The van der Waals surface area contributed by atoms with Gasteiger partial charge in [0.25, 0.3) is 10.2 Å².